The Morgan fingerprint density at radius 1 is 0.459 bits per heavy atom. The van der Waals surface area contributed by atoms with E-state index in [0.717, 1.165) is 78.5 Å². The Kier molecular flexibility index (Phi) is 19.5. The van der Waals surface area contributed by atoms with Gasteiger partial charge in [0.2, 0.25) is 0 Å². The lowest BCUT2D eigenvalue weighted by Gasteiger charge is -2.33. The van der Waals surface area contributed by atoms with Gasteiger partial charge in [-0.05, 0) is 223 Å². The van der Waals surface area contributed by atoms with E-state index in [9.17, 15) is 4.79 Å². The lowest BCUT2D eigenvalue weighted by Crippen LogP contribution is -2.28. The molecule has 0 heterocycles. The molecule has 4 heteroatoms. The Hall–Kier alpha value is -8.67. The summed E-state index contributed by atoms with van der Waals surface area (Å²) in [6.07, 6.45) is 28.3. The average molecular weight is 1120 g/mol. The quantitative estimate of drug-likeness (QED) is 0.0188. The van der Waals surface area contributed by atoms with Crippen LogP contribution in [0.15, 0.2) is 152 Å². The van der Waals surface area contributed by atoms with Gasteiger partial charge in [0, 0.05) is 23.2 Å². The Bertz CT molecular complexity index is 4140. The van der Waals surface area contributed by atoms with Gasteiger partial charge in [0.05, 0.1) is 12.0 Å². The Morgan fingerprint density at radius 2 is 0.965 bits per heavy atom. The molecule has 0 aromatic heterocycles. The molecule has 4 nitrogen and oxygen atoms in total. The van der Waals surface area contributed by atoms with E-state index in [-0.39, 0.29) is 11.4 Å². The van der Waals surface area contributed by atoms with Crippen molar-refractivity contribution in [3.63, 3.8) is 0 Å². The summed E-state index contributed by atoms with van der Waals surface area (Å²) >= 11 is 0. The molecule has 10 rings (SSSR count). The summed E-state index contributed by atoms with van der Waals surface area (Å²) in [5, 5.41) is 8.56. The summed E-state index contributed by atoms with van der Waals surface area (Å²) in [5.41, 5.74) is 12.1. The summed E-state index contributed by atoms with van der Waals surface area (Å²) in [6, 6.07) is 55.8. The molecule has 9 aromatic rings. The zero-order valence-corrected chi connectivity index (χ0v) is 50.9. The monoisotopic (exact) mass is 1120 g/mol. The Labute approximate surface area is 506 Å². The maximum absolute atomic E-state index is 13.1. The van der Waals surface area contributed by atoms with Gasteiger partial charge in [-0.15, -0.1) is 6.42 Å². The molecule has 0 saturated heterocycles. The highest BCUT2D eigenvalue weighted by Crippen LogP contribution is 2.55. The fourth-order valence-corrected chi connectivity index (χ4v) is 12.7. The number of carbonyl (C=O) groups excluding carboxylic acids is 1. The number of ether oxygens (including phenoxy) is 3. The predicted molar refractivity (Wildman–Crippen MR) is 358 cm³/mol. The van der Waals surface area contributed by atoms with E-state index in [1.165, 1.54) is 129 Å². The van der Waals surface area contributed by atoms with Gasteiger partial charge in [0.25, 0.3) is 0 Å². The summed E-state index contributed by atoms with van der Waals surface area (Å²) in [5.74, 6) is 17.2. The maximum atomic E-state index is 13.1. The fourth-order valence-electron chi connectivity index (χ4n) is 12.7. The van der Waals surface area contributed by atoms with E-state index in [1.807, 2.05) is 45.0 Å². The summed E-state index contributed by atoms with van der Waals surface area (Å²) < 4.78 is 18.7. The first-order chi connectivity index (χ1) is 41.6. The van der Waals surface area contributed by atoms with Gasteiger partial charge in [-0.1, -0.05) is 196 Å². The molecule has 0 fully saturated rings. The highest BCUT2D eigenvalue weighted by molar-refractivity contribution is 6.22. The maximum Gasteiger partial charge on any atom is 0.316 e. The van der Waals surface area contributed by atoms with Gasteiger partial charge >= 0.3 is 5.97 Å². The van der Waals surface area contributed by atoms with Crippen LogP contribution < -0.4 is 14.2 Å². The zero-order valence-electron chi connectivity index (χ0n) is 50.9. The number of rotatable bonds is 25. The van der Waals surface area contributed by atoms with E-state index in [1.54, 1.807) is 0 Å². The second kappa shape index (κ2) is 27.8. The molecule has 1 aliphatic rings. The van der Waals surface area contributed by atoms with Gasteiger partial charge in [0.1, 0.15) is 23.4 Å². The molecule has 428 valence electrons. The fraction of sp³-hybridized carbons (Fsp3) is 0.321. The minimum Gasteiger partial charge on any atom is -0.494 e. The van der Waals surface area contributed by atoms with Crippen LogP contribution in [0.1, 0.15) is 162 Å². The van der Waals surface area contributed by atoms with E-state index in [4.69, 9.17) is 20.6 Å². The van der Waals surface area contributed by atoms with Crippen LogP contribution >= 0.6 is 0 Å². The standard InChI is InChI=1S/C81H80O4/c1-8-13-17-21-23-29-49-83-66-43-46-72-73(56-66)77(71-45-42-67(84-50-30-24-22-18-14-9-2)57-74(71)78(72)65-38-36-62-54-68(41-39-61(62)53-65)85-79(82)80(6,7)12-5)64-37-35-58-51-59(33-34-60(58)52-64)63-40-44-70-69-31-25-26-32-75(69)81(76(70)55-63,47-27-19-15-10-3)48-28-20-16-11-4/h2,25-26,31-46,51-57H,8,10-13,15-17,19-21,23,27-29,47-49H2,1,3-7H3. The van der Waals surface area contributed by atoms with Gasteiger partial charge in [-0.25, -0.2) is 0 Å². The molecule has 0 bridgehead atoms. The van der Waals surface area contributed by atoms with E-state index in [2.05, 4.69) is 190 Å². The Balaban J connectivity index is 1.09. The van der Waals surface area contributed by atoms with Gasteiger partial charge < -0.3 is 14.2 Å². The van der Waals surface area contributed by atoms with Crippen molar-refractivity contribution in [2.45, 2.75) is 156 Å². The van der Waals surface area contributed by atoms with Crippen LogP contribution in [0.4, 0.5) is 0 Å². The normalized spacial score (nSPS) is 12.1. The van der Waals surface area contributed by atoms with Crippen molar-refractivity contribution in [2.75, 3.05) is 6.61 Å². The molecule has 0 atom stereocenters. The van der Waals surface area contributed by atoms with Crippen molar-refractivity contribution in [1.82, 2.24) is 0 Å². The highest BCUT2D eigenvalue weighted by atomic mass is 16.5. The lowest BCUT2D eigenvalue weighted by molar-refractivity contribution is -0.144. The lowest BCUT2D eigenvalue weighted by atomic mass is 9.70. The molecule has 0 spiro atoms. The van der Waals surface area contributed by atoms with Crippen molar-refractivity contribution in [2.24, 2.45) is 5.41 Å². The van der Waals surface area contributed by atoms with Crippen molar-refractivity contribution in [3.05, 3.63) is 163 Å². The molecule has 1 aliphatic carbocycles. The van der Waals surface area contributed by atoms with Gasteiger partial charge in [-0.2, -0.15) is 0 Å². The SMILES string of the molecule is C#CC#CC#CC#COc1ccc2c(-c3ccc4cc(-c5ccc6c(c5)C(CCCCCC)(CCCCCC)c5ccccc5-6)ccc4c3)c3cc(OCCCCCCCC)ccc3c(-c3ccc4cc(OC(=O)C(C)(C)CC)ccc4c3)c2c1. The summed E-state index contributed by atoms with van der Waals surface area (Å²) in [7, 11) is 0. The van der Waals surface area contributed by atoms with Crippen LogP contribution in [0.2, 0.25) is 0 Å². The van der Waals surface area contributed by atoms with E-state index in [0.29, 0.717) is 24.5 Å². The first kappa shape index (κ1) is 59.5. The number of benzene rings is 9. The number of hydrogen-bond donors (Lipinski definition) is 0. The second-order valence-corrected chi connectivity index (χ2v) is 23.9. The summed E-state index contributed by atoms with van der Waals surface area (Å²) in [6.45, 7) is 13.4. The smallest absolute Gasteiger partial charge is 0.316 e. The number of unbranched alkanes of at least 4 members (excludes halogenated alkanes) is 11. The third-order valence-electron chi connectivity index (χ3n) is 17.8. The molecular formula is C81H80O4. The molecule has 0 unspecified atom stereocenters. The Morgan fingerprint density at radius 3 is 1.62 bits per heavy atom. The first-order valence-electron chi connectivity index (χ1n) is 31.4. The average Bonchev–Trinajstić information content (AvgIpc) is 1.90. The molecule has 0 radical (unpaired) electrons. The molecule has 85 heavy (non-hydrogen) atoms. The van der Waals surface area contributed by atoms with Gasteiger partial charge in [-0.3, -0.25) is 4.79 Å². The van der Waals surface area contributed by atoms with Crippen LogP contribution in [0.5, 0.6) is 17.2 Å². The van der Waals surface area contributed by atoms with Crippen LogP contribution in [0, 0.1) is 53.5 Å². The molecule has 0 N–H and O–H groups in total. The summed E-state index contributed by atoms with van der Waals surface area (Å²) in [4.78, 5) is 13.1. The number of hydrogen-bond acceptors (Lipinski definition) is 4. The number of fused-ring (bicyclic) bond motifs is 7. The topological polar surface area (TPSA) is 44.8 Å². The highest BCUT2D eigenvalue weighted by Gasteiger charge is 2.42. The minimum atomic E-state index is -0.590. The third-order valence-corrected chi connectivity index (χ3v) is 17.8. The van der Waals surface area contributed by atoms with Crippen molar-refractivity contribution < 1.29 is 19.0 Å². The molecule has 0 amide bonds. The molecule has 9 aromatic carbocycles. The van der Waals surface area contributed by atoms with Crippen LogP contribution in [0.3, 0.4) is 0 Å². The first-order valence-corrected chi connectivity index (χ1v) is 31.4. The van der Waals surface area contributed by atoms with Crippen molar-refractivity contribution in [1.29, 1.82) is 0 Å². The molecule has 0 aliphatic heterocycles. The predicted octanol–water partition coefficient (Wildman–Crippen LogP) is 21.6. The number of carbonyl (C=O) groups is 1. The van der Waals surface area contributed by atoms with E-state index >= 15 is 0 Å². The van der Waals surface area contributed by atoms with Crippen molar-refractivity contribution >= 4 is 49.1 Å². The second-order valence-electron chi connectivity index (χ2n) is 23.9. The molecular weight excluding hydrogens is 1040 g/mol. The molecule has 0 saturated carbocycles. The van der Waals surface area contributed by atoms with Crippen molar-refractivity contribution in [3.8, 4) is 110 Å². The van der Waals surface area contributed by atoms with Crippen LogP contribution in [-0.2, 0) is 10.2 Å². The zero-order chi connectivity index (χ0) is 59.2. The number of esters is 1. The largest absolute Gasteiger partial charge is 0.494 e. The van der Waals surface area contributed by atoms with E-state index < -0.39 is 5.41 Å². The van der Waals surface area contributed by atoms with Crippen LogP contribution in [0.25, 0.3) is 87.6 Å². The van der Waals surface area contributed by atoms with Gasteiger partial charge in [0.15, 0.2) is 0 Å². The van der Waals surface area contributed by atoms with Crippen LogP contribution in [-0.4, -0.2) is 12.6 Å². The minimum absolute atomic E-state index is 0.0183. The number of terminal acetylenes is 1. The third kappa shape index (κ3) is 13.3.